The number of benzene rings is 1. The molecular weight excluding hydrogens is 352 g/mol. The monoisotopic (exact) mass is 374 g/mol. The zero-order chi connectivity index (χ0) is 18.7. The minimum atomic E-state index is -0.453. The highest BCUT2D eigenvalue weighted by Crippen LogP contribution is 2.23. The van der Waals surface area contributed by atoms with Crippen molar-refractivity contribution < 1.29 is 9.72 Å². The van der Waals surface area contributed by atoms with Crippen LogP contribution in [0.3, 0.4) is 0 Å². The summed E-state index contributed by atoms with van der Waals surface area (Å²) in [6, 6.07) is 4.34. The first kappa shape index (κ1) is 18.5. The van der Waals surface area contributed by atoms with Gasteiger partial charge in [0.25, 0.3) is 11.6 Å². The van der Waals surface area contributed by atoms with Crippen molar-refractivity contribution in [2.24, 2.45) is 5.92 Å². The summed E-state index contributed by atoms with van der Waals surface area (Å²) >= 11 is 1.40. The average Bonchev–Trinajstić information content (AvgIpc) is 3.03. The van der Waals surface area contributed by atoms with Gasteiger partial charge in [0.2, 0.25) is 0 Å². The van der Waals surface area contributed by atoms with Crippen molar-refractivity contribution >= 4 is 28.1 Å². The van der Waals surface area contributed by atoms with Crippen molar-refractivity contribution in [1.29, 1.82) is 0 Å². The maximum absolute atomic E-state index is 12.4. The van der Waals surface area contributed by atoms with Crippen molar-refractivity contribution in [1.82, 2.24) is 9.88 Å². The van der Waals surface area contributed by atoms with Crippen molar-refractivity contribution in [3.8, 4) is 0 Å². The topological polar surface area (TPSA) is 88.4 Å². The number of hydrogen-bond acceptors (Lipinski definition) is 6. The van der Waals surface area contributed by atoms with Crippen LogP contribution in [-0.2, 0) is 6.54 Å². The van der Waals surface area contributed by atoms with Gasteiger partial charge in [0.1, 0.15) is 0 Å². The van der Waals surface area contributed by atoms with Crippen LogP contribution in [0.2, 0.25) is 0 Å². The zero-order valence-corrected chi connectivity index (χ0v) is 15.7. The van der Waals surface area contributed by atoms with Crippen LogP contribution in [-0.4, -0.2) is 33.8 Å². The second-order valence-corrected chi connectivity index (χ2v) is 7.67. The fourth-order valence-corrected chi connectivity index (χ4v) is 3.75. The van der Waals surface area contributed by atoms with Crippen LogP contribution in [0.5, 0.6) is 0 Å². The molecule has 0 saturated carbocycles. The lowest BCUT2D eigenvalue weighted by Gasteiger charge is -2.29. The van der Waals surface area contributed by atoms with Gasteiger partial charge in [-0.05, 0) is 50.9 Å². The number of aromatic nitrogens is 1. The smallest absolute Gasteiger partial charge is 0.272 e. The van der Waals surface area contributed by atoms with Gasteiger partial charge < -0.3 is 0 Å². The lowest BCUT2D eigenvalue weighted by Crippen LogP contribution is -2.32. The van der Waals surface area contributed by atoms with E-state index in [1.165, 1.54) is 42.4 Å². The molecule has 2 heterocycles. The molecule has 1 N–H and O–H groups in total. The fourth-order valence-electron chi connectivity index (χ4n) is 3.06. The molecule has 7 nitrogen and oxygen atoms in total. The van der Waals surface area contributed by atoms with Crippen molar-refractivity contribution in [3.63, 3.8) is 0 Å². The Morgan fingerprint density at radius 3 is 2.81 bits per heavy atom. The molecular formula is C18H22N4O3S. The molecule has 0 radical (unpaired) electrons. The summed E-state index contributed by atoms with van der Waals surface area (Å²) < 4.78 is 0. The maximum atomic E-state index is 12.4. The Morgan fingerprint density at radius 2 is 2.15 bits per heavy atom. The molecule has 0 bridgehead atoms. The number of amides is 1. The van der Waals surface area contributed by atoms with E-state index in [2.05, 4.69) is 22.1 Å². The molecule has 2 aromatic rings. The number of anilines is 1. The molecule has 1 amide bonds. The summed E-state index contributed by atoms with van der Waals surface area (Å²) in [6.07, 6.45) is 2.43. The summed E-state index contributed by atoms with van der Waals surface area (Å²) in [5, 5.41) is 16.2. The van der Waals surface area contributed by atoms with E-state index in [9.17, 15) is 14.9 Å². The molecule has 1 aliphatic heterocycles. The Morgan fingerprint density at radius 1 is 1.42 bits per heavy atom. The number of thiazole rings is 1. The van der Waals surface area contributed by atoms with Crippen LogP contribution in [0.25, 0.3) is 0 Å². The van der Waals surface area contributed by atoms with Gasteiger partial charge in [0.05, 0.1) is 10.6 Å². The highest BCUT2D eigenvalue weighted by Gasteiger charge is 2.18. The molecule has 0 aliphatic carbocycles. The van der Waals surface area contributed by atoms with Crippen LogP contribution in [0, 0.1) is 23.0 Å². The van der Waals surface area contributed by atoms with Crippen LogP contribution in [0.1, 0.15) is 41.4 Å². The van der Waals surface area contributed by atoms with Crippen LogP contribution in [0.4, 0.5) is 10.8 Å². The van der Waals surface area contributed by atoms with Crippen molar-refractivity contribution in [2.45, 2.75) is 33.2 Å². The average molecular weight is 374 g/mol. The molecule has 1 aromatic carbocycles. The number of carbonyl (C=O) groups excluding carboxylic acids is 1. The summed E-state index contributed by atoms with van der Waals surface area (Å²) in [5.74, 6) is 0.484. The predicted octanol–water partition coefficient (Wildman–Crippen LogP) is 3.84. The largest absolute Gasteiger partial charge is 0.298 e. The van der Waals surface area contributed by atoms with E-state index in [0.29, 0.717) is 16.3 Å². The Balaban J connectivity index is 1.61. The first-order chi connectivity index (χ1) is 12.4. The number of nitrogens with one attached hydrogen (secondary N) is 1. The first-order valence-electron chi connectivity index (χ1n) is 8.65. The molecule has 0 spiro atoms. The molecule has 1 aliphatic rings. The number of rotatable bonds is 5. The molecule has 8 heteroatoms. The SMILES string of the molecule is Cc1cc(C(=O)Nc2nc(CN3CCC(C)CC3)cs2)ccc1[N+](=O)[O-]. The van der Waals surface area contributed by atoms with Crippen LogP contribution in [0.15, 0.2) is 23.6 Å². The Hall–Kier alpha value is -2.32. The second kappa shape index (κ2) is 7.92. The quantitative estimate of drug-likeness (QED) is 0.634. The lowest BCUT2D eigenvalue weighted by molar-refractivity contribution is -0.385. The molecule has 1 fully saturated rings. The summed E-state index contributed by atoms with van der Waals surface area (Å²) in [7, 11) is 0. The third-order valence-corrected chi connectivity index (χ3v) is 5.50. The lowest BCUT2D eigenvalue weighted by atomic mass is 9.99. The van der Waals surface area contributed by atoms with Gasteiger partial charge in [0, 0.05) is 29.1 Å². The van der Waals surface area contributed by atoms with Crippen molar-refractivity contribution in [3.05, 3.63) is 50.5 Å². The van der Waals surface area contributed by atoms with Crippen LogP contribution >= 0.6 is 11.3 Å². The van der Waals surface area contributed by atoms with Gasteiger partial charge in [0.15, 0.2) is 5.13 Å². The van der Waals surface area contributed by atoms with E-state index in [0.717, 1.165) is 31.2 Å². The molecule has 1 aromatic heterocycles. The molecule has 138 valence electrons. The number of likely N-dealkylation sites (tertiary alicyclic amines) is 1. The maximum Gasteiger partial charge on any atom is 0.272 e. The molecule has 0 unspecified atom stereocenters. The third-order valence-electron chi connectivity index (χ3n) is 4.69. The fraction of sp³-hybridized carbons (Fsp3) is 0.444. The number of piperidine rings is 1. The summed E-state index contributed by atoms with van der Waals surface area (Å²) in [5.41, 5.74) is 1.81. The van der Waals surface area contributed by atoms with E-state index in [1.54, 1.807) is 6.92 Å². The van der Waals surface area contributed by atoms with Crippen molar-refractivity contribution in [2.75, 3.05) is 18.4 Å². The Bertz CT molecular complexity index is 813. The molecule has 0 atom stereocenters. The minimum absolute atomic E-state index is 0.00827. The summed E-state index contributed by atoms with van der Waals surface area (Å²) in [4.78, 5) is 29.7. The summed E-state index contributed by atoms with van der Waals surface area (Å²) in [6.45, 7) is 6.88. The molecule has 3 rings (SSSR count). The van der Waals surface area contributed by atoms with Gasteiger partial charge in [-0.15, -0.1) is 11.3 Å². The van der Waals surface area contributed by atoms with Gasteiger partial charge in [-0.25, -0.2) is 4.98 Å². The highest BCUT2D eigenvalue weighted by atomic mass is 32.1. The van der Waals surface area contributed by atoms with Crippen LogP contribution < -0.4 is 5.32 Å². The van der Waals surface area contributed by atoms with E-state index in [-0.39, 0.29) is 11.6 Å². The molecule has 1 saturated heterocycles. The first-order valence-corrected chi connectivity index (χ1v) is 9.53. The number of aryl methyl sites for hydroxylation is 1. The number of hydrogen-bond donors (Lipinski definition) is 1. The Labute approximate surface area is 156 Å². The van der Waals surface area contributed by atoms with E-state index < -0.39 is 4.92 Å². The van der Waals surface area contributed by atoms with Gasteiger partial charge in [-0.2, -0.15) is 0 Å². The number of nitro benzene ring substituents is 1. The predicted molar refractivity (Wildman–Crippen MR) is 102 cm³/mol. The van der Waals surface area contributed by atoms with E-state index in [1.807, 2.05) is 5.38 Å². The van der Waals surface area contributed by atoms with Gasteiger partial charge in [-0.3, -0.25) is 25.1 Å². The highest BCUT2D eigenvalue weighted by molar-refractivity contribution is 7.13. The zero-order valence-electron chi connectivity index (χ0n) is 14.9. The second-order valence-electron chi connectivity index (χ2n) is 6.82. The number of nitro groups is 1. The number of carbonyl (C=O) groups is 1. The minimum Gasteiger partial charge on any atom is -0.298 e. The van der Waals surface area contributed by atoms with Gasteiger partial charge in [-0.1, -0.05) is 6.92 Å². The molecule has 26 heavy (non-hydrogen) atoms. The van der Waals surface area contributed by atoms with E-state index in [4.69, 9.17) is 0 Å². The van der Waals surface area contributed by atoms with E-state index >= 15 is 0 Å². The number of nitrogens with zero attached hydrogens (tertiary/aromatic N) is 3. The normalized spacial score (nSPS) is 15.8. The van der Waals surface area contributed by atoms with Gasteiger partial charge >= 0.3 is 0 Å². The standard InChI is InChI=1S/C18H22N4O3S/c1-12-5-7-21(8-6-12)10-15-11-26-18(19-15)20-17(23)14-3-4-16(22(24)25)13(2)9-14/h3-4,9,11-12H,5-8,10H2,1-2H3,(H,19,20,23). The third kappa shape index (κ3) is 4.44. The Kier molecular flexibility index (Phi) is 5.63.